The number of anilines is 1. The Kier molecular flexibility index (Phi) is 5.01. The zero-order valence-electron chi connectivity index (χ0n) is 15.0. The number of ether oxygens (including phenoxy) is 1. The molecule has 0 N–H and O–H groups in total. The minimum absolute atomic E-state index is 0.0581. The van der Waals surface area contributed by atoms with E-state index in [1.54, 1.807) is 48.5 Å². The average Bonchev–Trinajstić information content (AvgIpc) is 2.95. The molecule has 1 saturated heterocycles. The maximum atomic E-state index is 12.8. The van der Waals surface area contributed by atoms with Crippen molar-refractivity contribution < 1.29 is 19.1 Å². The zero-order chi connectivity index (χ0) is 19.7. The molecule has 2 aliphatic rings. The lowest BCUT2D eigenvalue weighted by Gasteiger charge is -2.18. The second kappa shape index (κ2) is 7.60. The molecule has 1 aliphatic heterocycles. The van der Waals surface area contributed by atoms with Gasteiger partial charge in [0, 0.05) is 5.02 Å². The summed E-state index contributed by atoms with van der Waals surface area (Å²) in [6.45, 7) is 0. The molecule has 0 aromatic heterocycles. The number of halogens is 1. The van der Waals surface area contributed by atoms with E-state index in [2.05, 4.69) is 0 Å². The molecule has 2 amide bonds. The highest BCUT2D eigenvalue weighted by molar-refractivity contribution is 6.30. The first-order chi connectivity index (χ1) is 13.5. The molecule has 1 aliphatic carbocycles. The summed E-state index contributed by atoms with van der Waals surface area (Å²) in [4.78, 5) is 39.2. The lowest BCUT2D eigenvalue weighted by Crippen LogP contribution is -2.31. The van der Waals surface area contributed by atoms with Crippen LogP contribution in [0.2, 0.25) is 5.02 Å². The van der Waals surface area contributed by atoms with Crippen molar-refractivity contribution >= 4 is 35.1 Å². The molecule has 1 fully saturated rings. The lowest BCUT2D eigenvalue weighted by molar-refractivity contribution is -0.133. The highest BCUT2D eigenvalue weighted by atomic mass is 35.5. The highest BCUT2D eigenvalue weighted by Gasteiger charge is 2.48. The Morgan fingerprint density at radius 1 is 0.964 bits per heavy atom. The molecule has 28 heavy (non-hydrogen) atoms. The van der Waals surface area contributed by atoms with E-state index in [1.807, 2.05) is 12.2 Å². The first-order valence-corrected chi connectivity index (χ1v) is 9.49. The molecule has 2 atom stereocenters. The third-order valence-electron chi connectivity index (χ3n) is 5.10. The molecule has 142 valence electrons. The van der Waals surface area contributed by atoms with Gasteiger partial charge < -0.3 is 4.74 Å². The molecule has 0 saturated carbocycles. The standard InChI is InChI=1S/C22H18ClNO4/c23-15-11-9-14(10-12-15)13-20(25)28-19-8-4-3-7-18(19)24-21(26)16-5-1-2-6-17(16)22(24)27/h1-4,7-12,16-17H,5-6,13H2. The first kappa shape index (κ1) is 18.4. The van der Waals surface area contributed by atoms with Crippen LogP contribution in [0.3, 0.4) is 0 Å². The number of amides is 2. The lowest BCUT2D eigenvalue weighted by atomic mass is 9.85. The summed E-state index contributed by atoms with van der Waals surface area (Å²) in [6.07, 6.45) is 5.05. The van der Waals surface area contributed by atoms with E-state index in [0.29, 0.717) is 23.6 Å². The third kappa shape index (κ3) is 3.45. The van der Waals surface area contributed by atoms with Crippen molar-refractivity contribution in [2.45, 2.75) is 19.3 Å². The van der Waals surface area contributed by atoms with Crippen LogP contribution in [-0.4, -0.2) is 17.8 Å². The fraction of sp³-hybridized carbons (Fsp3) is 0.227. The average molecular weight is 396 g/mol. The summed E-state index contributed by atoms with van der Waals surface area (Å²) in [6, 6.07) is 13.5. The van der Waals surface area contributed by atoms with Gasteiger partial charge in [-0.1, -0.05) is 48.0 Å². The molecule has 2 aromatic rings. The minimum Gasteiger partial charge on any atom is -0.424 e. The maximum Gasteiger partial charge on any atom is 0.315 e. The summed E-state index contributed by atoms with van der Waals surface area (Å²) in [7, 11) is 0. The van der Waals surface area contributed by atoms with Crippen LogP contribution in [0.25, 0.3) is 0 Å². The van der Waals surface area contributed by atoms with Gasteiger partial charge in [0.15, 0.2) is 5.75 Å². The molecule has 1 heterocycles. The molecule has 4 rings (SSSR count). The quantitative estimate of drug-likeness (QED) is 0.340. The Hall–Kier alpha value is -2.92. The van der Waals surface area contributed by atoms with Crippen LogP contribution in [-0.2, 0) is 20.8 Å². The van der Waals surface area contributed by atoms with Gasteiger partial charge in [0.2, 0.25) is 11.8 Å². The van der Waals surface area contributed by atoms with Crippen molar-refractivity contribution in [1.82, 2.24) is 0 Å². The predicted octanol–water partition coefficient (Wildman–Crippen LogP) is 3.94. The first-order valence-electron chi connectivity index (χ1n) is 9.11. The van der Waals surface area contributed by atoms with Crippen molar-refractivity contribution in [3.63, 3.8) is 0 Å². The molecular formula is C22H18ClNO4. The van der Waals surface area contributed by atoms with Gasteiger partial charge in [0.05, 0.1) is 23.9 Å². The fourth-order valence-corrected chi connectivity index (χ4v) is 3.82. The van der Waals surface area contributed by atoms with Gasteiger partial charge in [-0.25, -0.2) is 4.90 Å². The van der Waals surface area contributed by atoms with Crippen molar-refractivity contribution in [3.05, 3.63) is 71.3 Å². The second-order valence-electron chi connectivity index (χ2n) is 6.91. The summed E-state index contributed by atoms with van der Waals surface area (Å²) in [5.74, 6) is -1.42. The summed E-state index contributed by atoms with van der Waals surface area (Å²) in [5, 5.41) is 0.587. The Labute approximate surface area is 167 Å². The van der Waals surface area contributed by atoms with Gasteiger partial charge in [-0.2, -0.15) is 0 Å². The van der Waals surface area contributed by atoms with Crippen LogP contribution in [0.5, 0.6) is 5.75 Å². The molecule has 2 unspecified atom stereocenters. The van der Waals surface area contributed by atoms with E-state index in [1.165, 1.54) is 4.90 Å². The number of rotatable bonds is 4. The van der Waals surface area contributed by atoms with Gasteiger partial charge in [0.1, 0.15) is 0 Å². The molecule has 6 heteroatoms. The maximum absolute atomic E-state index is 12.8. The molecule has 0 radical (unpaired) electrons. The number of hydrogen-bond acceptors (Lipinski definition) is 4. The minimum atomic E-state index is -0.479. The van der Waals surface area contributed by atoms with Gasteiger partial charge in [-0.05, 0) is 42.7 Å². The number of allylic oxidation sites excluding steroid dienone is 2. The monoisotopic (exact) mass is 395 g/mol. The Balaban J connectivity index is 1.55. The molecular weight excluding hydrogens is 378 g/mol. The predicted molar refractivity (Wildman–Crippen MR) is 105 cm³/mol. The Morgan fingerprint density at radius 2 is 1.57 bits per heavy atom. The molecule has 0 spiro atoms. The normalized spacial score (nSPS) is 21.0. The van der Waals surface area contributed by atoms with Crippen LogP contribution in [0, 0.1) is 11.8 Å². The van der Waals surface area contributed by atoms with Crippen molar-refractivity contribution in [1.29, 1.82) is 0 Å². The van der Waals surface area contributed by atoms with Gasteiger partial charge in [-0.15, -0.1) is 0 Å². The number of imide groups is 1. The summed E-state index contributed by atoms with van der Waals surface area (Å²) in [5.41, 5.74) is 1.08. The topological polar surface area (TPSA) is 63.7 Å². The number of esters is 1. The molecule has 0 bridgehead atoms. The number of hydrogen-bond donors (Lipinski definition) is 0. The van der Waals surface area contributed by atoms with Gasteiger partial charge >= 0.3 is 5.97 Å². The van der Waals surface area contributed by atoms with E-state index in [-0.39, 0.29) is 35.8 Å². The third-order valence-corrected chi connectivity index (χ3v) is 5.35. The van der Waals surface area contributed by atoms with Crippen LogP contribution < -0.4 is 9.64 Å². The number of para-hydroxylation sites is 2. The van der Waals surface area contributed by atoms with Crippen LogP contribution >= 0.6 is 11.6 Å². The van der Waals surface area contributed by atoms with E-state index in [4.69, 9.17) is 16.3 Å². The van der Waals surface area contributed by atoms with Gasteiger partial charge in [0.25, 0.3) is 0 Å². The van der Waals surface area contributed by atoms with E-state index >= 15 is 0 Å². The SMILES string of the molecule is O=C(Cc1ccc(Cl)cc1)Oc1ccccc1N1C(=O)C2CC=CCC2C1=O. The van der Waals surface area contributed by atoms with Crippen molar-refractivity contribution in [2.75, 3.05) is 4.90 Å². The highest BCUT2D eigenvalue weighted by Crippen LogP contribution is 2.40. The number of fused-ring (bicyclic) bond motifs is 1. The second-order valence-corrected chi connectivity index (χ2v) is 7.35. The number of nitrogens with zero attached hydrogens (tertiary/aromatic N) is 1. The number of benzene rings is 2. The zero-order valence-corrected chi connectivity index (χ0v) is 15.8. The molecule has 2 aromatic carbocycles. The van der Waals surface area contributed by atoms with E-state index in [0.717, 1.165) is 5.56 Å². The van der Waals surface area contributed by atoms with Crippen LogP contribution in [0.15, 0.2) is 60.7 Å². The Bertz CT molecular complexity index is 941. The van der Waals surface area contributed by atoms with E-state index < -0.39 is 5.97 Å². The van der Waals surface area contributed by atoms with E-state index in [9.17, 15) is 14.4 Å². The van der Waals surface area contributed by atoms with Crippen LogP contribution in [0.1, 0.15) is 18.4 Å². The molecule has 5 nitrogen and oxygen atoms in total. The number of carbonyl (C=O) groups is 3. The van der Waals surface area contributed by atoms with Gasteiger partial charge in [-0.3, -0.25) is 14.4 Å². The van der Waals surface area contributed by atoms with Crippen molar-refractivity contribution in [2.24, 2.45) is 11.8 Å². The fourth-order valence-electron chi connectivity index (χ4n) is 3.69. The Morgan fingerprint density at radius 3 is 2.21 bits per heavy atom. The summed E-state index contributed by atoms with van der Waals surface area (Å²) >= 11 is 5.86. The summed E-state index contributed by atoms with van der Waals surface area (Å²) < 4.78 is 5.51. The smallest absolute Gasteiger partial charge is 0.315 e. The largest absolute Gasteiger partial charge is 0.424 e. The number of carbonyl (C=O) groups excluding carboxylic acids is 3. The van der Waals surface area contributed by atoms with Crippen molar-refractivity contribution in [3.8, 4) is 5.75 Å². The van der Waals surface area contributed by atoms with Crippen LogP contribution in [0.4, 0.5) is 5.69 Å².